The molecule has 3 N–H and O–H groups in total. The first kappa shape index (κ1) is 17.4. The van der Waals surface area contributed by atoms with Gasteiger partial charge in [-0.3, -0.25) is 9.59 Å². The van der Waals surface area contributed by atoms with E-state index in [1.165, 1.54) is 36.4 Å². The summed E-state index contributed by atoms with van der Waals surface area (Å²) in [6.45, 7) is -0.624. The number of ether oxygens (including phenoxy) is 1. The molecule has 24 heavy (non-hydrogen) atoms. The summed E-state index contributed by atoms with van der Waals surface area (Å²) in [4.78, 5) is 34.5. The summed E-state index contributed by atoms with van der Waals surface area (Å²) in [5, 5.41) is 2.34. The first-order chi connectivity index (χ1) is 11.4. The molecule has 0 radical (unpaired) electrons. The van der Waals surface area contributed by atoms with Crippen LogP contribution in [0.25, 0.3) is 0 Å². The Bertz CT molecular complexity index is 773. The SMILES string of the molecule is NC(=O)c1ccc(NC(=O)COC(=O)c2c(F)cccc2Cl)cc1. The third-order valence-corrected chi connectivity index (χ3v) is 3.27. The molecule has 0 aliphatic rings. The van der Waals surface area contributed by atoms with Gasteiger partial charge in [0.1, 0.15) is 11.4 Å². The van der Waals surface area contributed by atoms with Crippen molar-refractivity contribution in [3.8, 4) is 0 Å². The van der Waals surface area contributed by atoms with Crippen LogP contribution in [0.15, 0.2) is 42.5 Å². The Morgan fingerprint density at radius 1 is 1.12 bits per heavy atom. The van der Waals surface area contributed by atoms with Crippen molar-refractivity contribution in [1.29, 1.82) is 0 Å². The second-order valence-electron chi connectivity index (χ2n) is 4.66. The van der Waals surface area contributed by atoms with E-state index >= 15 is 0 Å². The molecule has 2 amide bonds. The molecule has 0 aliphatic heterocycles. The molecule has 0 aromatic heterocycles. The van der Waals surface area contributed by atoms with Gasteiger partial charge in [0.2, 0.25) is 5.91 Å². The fourth-order valence-corrected chi connectivity index (χ4v) is 2.05. The number of hydrogen-bond donors (Lipinski definition) is 2. The van der Waals surface area contributed by atoms with E-state index in [-0.39, 0.29) is 10.6 Å². The van der Waals surface area contributed by atoms with Gasteiger partial charge < -0.3 is 15.8 Å². The van der Waals surface area contributed by atoms with Gasteiger partial charge in [0, 0.05) is 11.3 Å². The Balaban J connectivity index is 1.93. The highest BCUT2D eigenvalue weighted by Crippen LogP contribution is 2.19. The molecule has 0 heterocycles. The number of hydrogen-bond acceptors (Lipinski definition) is 4. The third kappa shape index (κ3) is 4.30. The number of nitrogens with one attached hydrogen (secondary N) is 1. The van der Waals surface area contributed by atoms with Gasteiger partial charge >= 0.3 is 5.97 Å². The van der Waals surface area contributed by atoms with Crippen molar-refractivity contribution in [2.45, 2.75) is 0 Å². The van der Waals surface area contributed by atoms with E-state index < -0.39 is 35.8 Å². The van der Waals surface area contributed by atoms with E-state index in [0.717, 1.165) is 6.07 Å². The lowest BCUT2D eigenvalue weighted by Gasteiger charge is -2.08. The maximum atomic E-state index is 13.6. The first-order valence-corrected chi connectivity index (χ1v) is 7.07. The standard InChI is InChI=1S/C16H12ClFN2O4/c17-11-2-1-3-12(18)14(11)16(23)24-8-13(21)20-10-6-4-9(5-7-10)15(19)22/h1-7H,8H2,(H2,19,22)(H,20,21). The van der Waals surface area contributed by atoms with Crippen molar-refractivity contribution in [3.05, 3.63) is 64.4 Å². The van der Waals surface area contributed by atoms with Crippen LogP contribution in [-0.4, -0.2) is 24.4 Å². The van der Waals surface area contributed by atoms with Crippen LogP contribution < -0.4 is 11.1 Å². The molecule has 0 unspecified atom stereocenters. The zero-order chi connectivity index (χ0) is 17.7. The summed E-state index contributed by atoms with van der Waals surface area (Å²) < 4.78 is 18.3. The molecule has 2 aromatic carbocycles. The molecule has 0 aliphatic carbocycles. The fourth-order valence-electron chi connectivity index (χ4n) is 1.81. The lowest BCUT2D eigenvalue weighted by Crippen LogP contribution is -2.21. The van der Waals surface area contributed by atoms with Gasteiger partial charge in [-0.25, -0.2) is 9.18 Å². The van der Waals surface area contributed by atoms with Gasteiger partial charge in [0.25, 0.3) is 5.91 Å². The topological polar surface area (TPSA) is 98.5 Å². The van der Waals surface area contributed by atoms with Gasteiger partial charge in [-0.1, -0.05) is 17.7 Å². The number of carbonyl (C=O) groups excluding carboxylic acids is 3. The van der Waals surface area contributed by atoms with Crippen molar-refractivity contribution < 1.29 is 23.5 Å². The number of nitrogens with two attached hydrogens (primary N) is 1. The van der Waals surface area contributed by atoms with Crippen molar-refractivity contribution in [1.82, 2.24) is 0 Å². The molecule has 0 fully saturated rings. The maximum absolute atomic E-state index is 13.6. The molecule has 0 saturated carbocycles. The van der Waals surface area contributed by atoms with Crippen LogP contribution in [0.2, 0.25) is 5.02 Å². The van der Waals surface area contributed by atoms with Crippen LogP contribution in [0.4, 0.5) is 10.1 Å². The molecule has 6 nitrogen and oxygen atoms in total. The van der Waals surface area contributed by atoms with Crippen LogP contribution in [0.5, 0.6) is 0 Å². The van der Waals surface area contributed by atoms with Crippen LogP contribution in [-0.2, 0) is 9.53 Å². The minimum absolute atomic E-state index is 0.109. The number of amides is 2. The minimum Gasteiger partial charge on any atom is -0.452 e. The predicted molar refractivity (Wildman–Crippen MR) is 85.3 cm³/mol. The summed E-state index contributed by atoms with van der Waals surface area (Å²) in [6, 6.07) is 9.54. The molecule has 2 rings (SSSR count). The highest BCUT2D eigenvalue weighted by molar-refractivity contribution is 6.33. The molecule has 8 heteroatoms. The minimum atomic E-state index is -1.04. The van der Waals surface area contributed by atoms with Gasteiger partial charge in [-0.15, -0.1) is 0 Å². The number of benzene rings is 2. The van der Waals surface area contributed by atoms with E-state index in [4.69, 9.17) is 22.1 Å². The number of carbonyl (C=O) groups is 3. The number of rotatable bonds is 5. The third-order valence-electron chi connectivity index (χ3n) is 2.95. The zero-order valence-corrected chi connectivity index (χ0v) is 13.0. The molecule has 0 spiro atoms. The quantitative estimate of drug-likeness (QED) is 0.809. The number of anilines is 1. The van der Waals surface area contributed by atoms with Crippen molar-refractivity contribution in [2.75, 3.05) is 11.9 Å². The van der Waals surface area contributed by atoms with E-state index in [1.807, 2.05) is 0 Å². The van der Waals surface area contributed by atoms with E-state index in [9.17, 15) is 18.8 Å². The number of primary amides is 1. The van der Waals surface area contributed by atoms with E-state index in [2.05, 4.69) is 5.32 Å². The van der Waals surface area contributed by atoms with Gasteiger partial charge in [0.05, 0.1) is 5.02 Å². The van der Waals surface area contributed by atoms with Gasteiger partial charge in [-0.2, -0.15) is 0 Å². The number of halogens is 2. The Morgan fingerprint density at radius 3 is 2.38 bits per heavy atom. The highest BCUT2D eigenvalue weighted by atomic mass is 35.5. The second kappa shape index (κ2) is 7.56. The van der Waals surface area contributed by atoms with Gasteiger partial charge in [0.15, 0.2) is 6.61 Å². The van der Waals surface area contributed by atoms with Crippen LogP contribution in [0.3, 0.4) is 0 Å². The smallest absolute Gasteiger partial charge is 0.343 e. The Labute approximate surface area is 141 Å². The van der Waals surface area contributed by atoms with Crippen molar-refractivity contribution >= 4 is 35.1 Å². The Kier molecular flexibility index (Phi) is 5.49. The Hall–Kier alpha value is -2.93. The van der Waals surface area contributed by atoms with E-state index in [0.29, 0.717) is 5.69 Å². The van der Waals surface area contributed by atoms with Crippen molar-refractivity contribution in [3.63, 3.8) is 0 Å². The van der Waals surface area contributed by atoms with Crippen LogP contribution in [0, 0.1) is 5.82 Å². The largest absolute Gasteiger partial charge is 0.452 e. The maximum Gasteiger partial charge on any atom is 0.343 e. The summed E-state index contributed by atoms with van der Waals surface area (Å²) >= 11 is 5.73. The monoisotopic (exact) mass is 350 g/mol. The summed E-state index contributed by atoms with van der Waals surface area (Å²) in [6.07, 6.45) is 0. The zero-order valence-electron chi connectivity index (χ0n) is 12.2. The summed E-state index contributed by atoms with van der Waals surface area (Å²) in [7, 11) is 0. The summed E-state index contributed by atoms with van der Waals surface area (Å²) in [5.41, 5.74) is 5.33. The molecular formula is C16H12ClFN2O4. The lowest BCUT2D eigenvalue weighted by atomic mass is 10.2. The lowest BCUT2D eigenvalue weighted by molar-refractivity contribution is -0.119. The Morgan fingerprint density at radius 2 is 1.79 bits per heavy atom. The molecule has 0 saturated heterocycles. The summed E-state index contributed by atoms with van der Waals surface area (Å²) in [5.74, 6) is -3.11. The highest BCUT2D eigenvalue weighted by Gasteiger charge is 2.18. The average Bonchev–Trinajstić information content (AvgIpc) is 2.53. The normalized spacial score (nSPS) is 10.1. The van der Waals surface area contributed by atoms with E-state index in [1.54, 1.807) is 0 Å². The number of esters is 1. The predicted octanol–water partition coefficient (Wildman–Crippen LogP) is 2.37. The molecule has 0 bridgehead atoms. The fraction of sp³-hybridized carbons (Fsp3) is 0.0625. The van der Waals surface area contributed by atoms with Crippen molar-refractivity contribution in [2.24, 2.45) is 5.73 Å². The molecule has 124 valence electrons. The first-order valence-electron chi connectivity index (χ1n) is 6.69. The van der Waals surface area contributed by atoms with Crippen LogP contribution >= 0.6 is 11.6 Å². The second-order valence-corrected chi connectivity index (χ2v) is 5.07. The molecule has 2 aromatic rings. The van der Waals surface area contributed by atoms with Crippen LogP contribution in [0.1, 0.15) is 20.7 Å². The molecular weight excluding hydrogens is 339 g/mol. The average molecular weight is 351 g/mol. The molecule has 0 atom stereocenters. The van der Waals surface area contributed by atoms with Gasteiger partial charge in [-0.05, 0) is 36.4 Å².